The van der Waals surface area contributed by atoms with E-state index in [0.717, 1.165) is 22.6 Å². The molecule has 0 N–H and O–H groups in total. The van der Waals surface area contributed by atoms with Gasteiger partial charge in [-0.05, 0) is 24.5 Å². The molecule has 1 aliphatic rings. The molecule has 0 fully saturated rings. The Kier molecular flexibility index (Phi) is 4.20. The number of aromatic nitrogens is 3. The minimum atomic E-state index is -3.08. The van der Waals surface area contributed by atoms with Gasteiger partial charge in [-0.15, -0.1) is 5.10 Å². The standard InChI is InChI=1S/C20H19N3O2S/c1-15-7-5-6-10-18(15)23-19(13-16-11-12-26(24,25)14-16)21-20(22-23)17-8-3-2-4-9-17/h2-12,16H,13-14H2,1H3. The molecule has 26 heavy (non-hydrogen) atoms. The lowest BCUT2D eigenvalue weighted by atomic mass is 10.1. The van der Waals surface area contributed by atoms with E-state index in [0.29, 0.717) is 12.2 Å². The van der Waals surface area contributed by atoms with Gasteiger partial charge in [-0.2, -0.15) is 0 Å². The minimum absolute atomic E-state index is 0.0735. The van der Waals surface area contributed by atoms with Crippen LogP contribution in [0.4, 0.5) is 0 Å². The van der Waals surface area contributed by atoms with Gasteiger partial charge in [0.25, 0.3) is 0 Å². The van der Waals surface area contributed by atoms with E-state index in [1.54, 1.807) is 6.08 Å². The van der Waals surface area contributed by atoms with Crippen LogP contribution in [0.1, 0.15) is 11.4 Å². The van der Waals surface area contributed by atoms with Crippen molar-refractivity contribution in [1.82, 2.24) is 14.8 Å². The van der Waals surface area contributed by atoms with E-state index < -0.39 is 9.84 Å². The van der Waals surface area contributed by atoms with Crippen LogP contribution in [0.2, 0.25) is 0 Å². The maximum atomic E-state index is 11.7. The molecule has 0 saturated carbocycles. The Hall–Kier alpha value is -2.73. The summed E-state index contributed by atoms with van der Waals surface area (Å²) in [6.45, 7) is 2.03. The number of allylic oxidation sites excluding steroid dienone is 1. The van der Waals surface area contributed by atoms with Crippen molar-refractivity contribution in [2.45, 2.75) is 13.3 Å². The van der Waals surface area contributed by atoms with Gasteiger partial charge in [0, 0.05) is 17.4 Å². The molecule has 0 radical (unpaired) electrons. The zero-order chi connectivity index (χ0) is 18.1. The SMILES string of the molecule is Cc1ccccc1-n1nc(-c2ccccc2)nc1CC1C=CS(=O)(=O)C1. The molecule has 1 unspecified atom stereocenters. The fraction of sp³-hybridized carbons (Fsp3) is 0.200. The highest BCUT2D eigenvalue weighted by molar-refractivity contribution is 7.94. The molecule has 5 nitrogen and oxygen atoms in total. The second kappa shape index (κ2) is 6.53. The lowest BCUT2D eigenvalue weighted by molar-refractivity contribution is 0.593. The summed E-state index contributed by atoms with van der Waals surface area (Å²) in [5, 5.41) is 6.03. The van der Waals surface area contributed by atoms with Crippen LogP contribution in [-0.2, 0) is 16.3 Å². The summed E-state index contributed by atoms with van der Waals surface area (Å²) >= 11 is 0. The molecule has 2 heterocycles. The average molecular weight is 365 g/mol. The highest BCUT2D eigenvalue weighted by Crippen LogP contribution is 2.24. The molecule has 2 aromatic carbocycles. The number of hydrogen-bond donors (Lipinski definition) is 0. The number of aryl methyl sites for hydroxylation is 1. The van der Waals surface area contributed by atoms with Gasteiger partial charge in [-0.3, -0.25) is 0 Å². The highest BCUT2D eigenvalue weighted by Gasteiger charge is 2.25. The summed E-state index contributed by atoms with van der Waals surface area (Å²) in [6.07, 6.45) is 2.29. The summed E-state index contributed by atoms with van der Waals surface area (Å²) in [6, 6.07) is 17.8. The zero-order valence-electron chi connectivity index (χ0n) is 14.4. The van der Waals surface area contributed by atoms with Gasteiger partial charge in [-0.1, -0.05) is 54.6 Å². The molecule has 6 heteroatoms. The summed E-state index contributed by atoms with van der Waals surface area (Å²) in [4.78, 5) is 4.73. The normalized spacial score (nSPS) is 18.3. The number of sulfone groups is 1. The Morgan fingerprint density at radius 1 is 1.08 bits per heavy atom. The van der Waals surface area contributed by atoms with E-state index in [-0.39, 0.29) is 11.7 Å². The van der Waals surface area contributed by atoms with Crippen molar-refractivity contribution >= 4 is 9.84 Å². The Morgan fingerprint density at radius 2 is 1.81 bits per heavy atom. The van der Waals surface area contributed by atoms with Crippen LogP contribution in [0.25, 0.3) is 17.1 Å². The quantitative estimate of drug-likeness (QED) is 0.711. The van der Waals surface area contributed by atoms with Crippen molar-refractivity contribution in [1.29, 1.82) is 0 Å². The van der Waals surface area contributed by atoms with E-state index in [4.69, 9.17) is 10.1 Å². The third-order valence-corrected chi connectivity index (χ3v) is 5.96. The fourth-order valence-electron chi connectivity index (χ4n) is 3.18. The first kappa shape index (κ1) is 16.7. The number of rotatable bonds is 4. The first-order valence-corrected chi connectivity index (χ1v) is 10.2. The van der Waals surface area contributed by atoms with Crippen molar-refractivity contribution in [3.63, 3.8) is 0 Å². The topological polar surface area (TPSA) is 64.8 Å². The van der Waals surface area contributed by atoms with Crippen molar-refractivity contribution in [2.24, 2.45) is 5.92 Å². The number of hydrogen-bond acceptors (Lipinski definition) is 4. The van der Waals surface area contributed by atoms with Crippen LogP contribution < -0.4 is 0 Å². The van der Waals surface area contributed by atoms with E-state index >= 15 is 0 Å². The molecular formula is C20H19N3O2S. The molecule has 3 aromatic rings. The van der Waals surface area contributed by atoms with Crippen LogP contribution in [0.5, 0.6) is 0 Å². The smallest absolute Gasteiger partial charge is 0.181 e. The molecule has 4 rings (SSSR count). The van der Waals surface area contributed by atoms with Gasteiger partial charge in [0.05, 0.1) is 11.4 Å². The summed E-state index contributed by atoms with van der Waals surface area (Å²) < 4.78 is 25.3. The average Bonchev–Trinajstić information content (AvgIpc) is 3.19. The fourth-order valence-corrected chi connectivity index (χ4v) is 4.58. The van der Waals surface area contributed by atoms with E-state index in [2.05, 4.69) is 0 Å². The predicted octanol–water partition coefficient (Wildman–Crippen LogP) is 3.34. The second-order valence-electron chi connectivity index (χ2n) is 6.54. The molecule has 132 valence electrons. The van der Waals surface area contributed by atoms with Crippen LogP contribution in [0, 0.1) is 12.8 Å². The second-order valence-corrected chi connectivity index (χ2v) is 8.47. The predicted molar refractivity (Wildman–Crippen MR) is 102 cm³/mol. The number of nitrogens with zero attached hydrogens (tertiary/aromatic N) is 3. The molecular weight excluding hydrogens is 346 g/mol. The van der Waals surface area contributed by atoms with Gasteiger partial charge >= 0.3 is 0 Å². The van der Waals surface area contributed by atoms with Crippen LogP contribution in [-0.4, -0.2) is 28.9 Å². The van der Waals surface area contributed by atoms with Gasteiger partial charge in [0.1, 0.15) is 5.82 Å². The van der Waals surface area contributed by atoms with Gasteiger partial charge in [0.2, 0.25) is 0 Å². The van der Waals surface area contributed by atoms with E-state index in [1.807, 2.05) is 66.2 Å². The van der Waals surface area contributed by atoms with Crippen molar-refractivity contribution in [3.05, 3.63) is 77.5 Å². The van der Waals surface area contributed by atoms with E-state index in [9.17, 15) is 8.42 Å². The third-order valence-electron chi connectivity index (χ3n) is 4.50. The van der Waals surface area contributed by atoms with Crippen molar-refractivity contribution in [2.75, 3.05) is 5.75 Å². The largest absolute Gasteiger partial charge is 0.224 e. The van der Waals surface area contributed by atoms with Crippen molar-refractivity contribution < 1.29 is 8.42 Å². The lowest BCUT2D eigenvalue weighted by Gasteiger charge is -2.10. The maximum absolute atomic E-state index is 11.7. The summed E-state index contributed by atoms with van der Waals surface area (Å²) in [5.41, 5.74) is 2.99. The maximum Gasteiger partial charge on any atom is 0.181 e. The molecule has 0 saturated heterocycles. The Morgan fingerprint density at radius 3 is 2.50 bits per heavy atom. The van der Waals surface area contributed by atoms with E-state index in [1.165, 1.54) is 5.41 Å². The molecule has 0 aliphatic carbocycles. The first-order chi connectivity index (χ1) is 12.5. The van der Waals surface area contributed by atoms with Gasteiger partial charge < -0.3 is 0 Å². The molecule has 0 amide bonds. The van der Waals surface area contributed by atoms with Crippen molar-refractivity contribution in [3.8, 4) is 17.1 Å². The molecule has 1 atom stereocenters. The molecule has 0 spiro atoms. The number of para-hydroxylation sites is 1. The van der Waals surface area contributed by atoms with Gasteiger partial charge in [-0.25, -0.2) is 18.1 Å². The molecule has 1 aliphatic heterocycles. The highest BCUT2D eigenvalue weighted by atomic mass is 32.2. The number of benzene rings is 2. The minimum Gasteiger partial charge on any atom is -0.224 e. The zero-order valence-corrected chi connectivity index (χ0v) is 15.2. The van der Waals surface area contributed by atoms with Crippen LogP contribution >= 0.6 is 0 Å². The lowest BCUT2D eigenvalue weighted by Crippen LogP contribution is -2.13. The van der Waals surface area contributed by atoms with Crippen LogP contribution in [0.3, 0.4) is 0 Å². The van der Waals surface area contributed by atoms with Gasteiger partial charge in [0.15, 0.2) is 15.7 Å². The van der Waals surface area contributed by atoms with Crippen LogP contribution in [0.15, 0.2) is 66.1 Å². The molecule has 0 bridgehead atoms. The third kappa shape index (κ3) is 3.32. The summed E-state index contributed by atoms with van der Waals surface area (Å²) in [5.74, 6) is 1.48. The Balaban J connectivity index is 1.77. The Labute approximate surface area is 152 Å². The Bertz CT molecular complexity index is 1070. The first-order valence-electron chi connectivity index (χ1n) is 8.50. The molecule has 1 aromatic heterocycles. The monoisotopic (exact) mass is 365 g/mol. The summed E-state index contributed by atoms with van der Waals surface area (Å²) in [7, 11) is -3.08.